The van der Waals surface area contributed by atoms with Gasteiger partial charge in [-0.25, -0.2) is 4.99 Å². The summed E-state index contributed by atoms with van der Waals surface area (Å²) in [4.78, 5) is 4.89. The fourth-order valence-corrected chi connectivity index (χ4v) is 9.24. The normalized spacial score (nSPS) is 14.0. The molecule has 11 rings (SSSR count). The minimum atomic E-state index is 0.776. The van der Waals surface area contributed by atoms with Crippen molar-refractivity contribution in [1.82, 2.24) is 4.57 Å². The highest BCUT2D eigenvalue weighted by Gasteiger charge is 2.22. The number of allylic oxidation sites excluding steroid dienone is 7. The lowest BCUT2D eigenvalue weighted by Gasteiger charge is -2.17. The van der Waals surface area contributed by atoms with Gasteiger partial charge in [-0.05, 0) is 114 Å². The minimum absolute atomic E-state index is 0.776. The Morgan fingerprint density at radius 3 is 1.78 bits per heavy atom. The minimum Gasteiger partial charge on any atom is -0.293 e. The smallest absolute Gasteiger partial charge is 0.137 e. The summed E-state index contributed by atoms with van der Waals surface area (Å²) in [7, 11) is 0. The highest BCUT2D eigenvalue weighted by atomic mass is 15.1. The van der Waals surface area contributed by atoms with Crippen LogP contribution in [0.4, 0.5) is 0 Å². The molecular formula is C56H38N2. The molecule has 2 nitrogen and oxygen atoms in total. The zero-order valence-electron chi connectivity index (χ0n) is 31.9. The lowest BCUT2D eigenvalue weighted by Crippen LogP contribution is -1.99. The first-order chi connectivity index (χ1) is 28.7. The average Bonchev–Trinajstić information content (AvgIpc) is 3.62. The number of hydrogen-bond donors (Lipinski definition) is 0. The monoisotopic (exact) mass is 738 g/mol. The molecule has 10 aromatic rings. The van der Waals surface area contributed by atoms with Gasteiger partial charge < -0.3 is 0 Å². The number of rotatable bonds is 6. The van der Waals surface area contributed by atoms with Crippen molar-refractivity contribution in [3.63, 3.8) is 0 Å². The highest BCUT2D eigenvalue weighted by Crippen LogP contribution is 2.45. The van der Waals surface area contributed by atoms with Gasteiger partial charge in [0.25, 0.3) is 0 Å². The standard InChI is InChI=1S/C56H38N2/c1-57-54(36-50(39-18-6-3-7-19-39)40-30-28-38(29-31-40)37-16-4-2-5-17-37)58-53-27-15-14-26-49(53)52-34-41-20-8-9-21-43(41)55(56(52)58)42-32-33-48-46-24-11-10-22-44(46)45-23-12-13-25-47(45)51(48)35-42/h2-18,20-36H,1,19H2/b50-39+,54-36+. The van der Waals surface area contributed by atoms with Gasteiger partial charge in [-0.2, -0.15) is 0 Å². The van der Waals surface area contributed by atoms with Crippen molar-refractivity contribution in [2.45, 2.75) is 6.42 Å². The molecule has 1 aliphatic carbocycles. The van der Waals surface area contributed by atoms with Crippen LogP contribution in [-0.4, -0.2) is 11.3 Å². The molecule has 0 spiro atoms. The van der Waals surface area contributed by atoms with Gasteiger partial charge >= 0.3 is 0 Å². The summed E-state index contributed by atoms with van der Waals surface area (Å²) in [5, 5.41) is 12.3. The predicted molar refractivity (Wildman–Crippen MR) is 250 cm³/mol. The molecule has 0 N–H and O–H groups in total. The van der Waals surface area contributed by atoms with Gasteiger partial charge in [-0.15, -0.1) is 0 Å². The van der Waals surface area contributed by atoms with Gasteiger partial charge in [0.05, 0.1) is 11.0 Å². The maximum Gasteiger partial charge on any atom is 0.137 e. The van der Waals surface area contributed by atoms with E-state index >= 15 is 0 Å². The fourth-order valence-electron chi connectivity index (χ4n) is 9.24. The molecule has 58 heavy (non-hydrogen) atoms. The number of fused-ring (bicyclic) bond motifs is 10. The van der Waals surface area contributed by atoms with E-state index in [2.05, 4.69) is 218 Å². The first kappa shape index (κ1) is 33.8. The van der Waals surface area contributed by atoms with E-state index in [4.69, 9.17) is 4.99 Å². The predicted octanol–water partition coefficient (Wildman–Crippen LogP) is 15.2. The maximum absolute atomic E-state index is 4.89. The quantitative estimate of drug-likeness (QED) is 0.119. The van der Waals surface area contributed by atoms with Crippen molar-refractivity contribution in [2.75, 3.05) is 0 Å². The van der Waals surface area contributed by atoms with E-state index in [1.165, 1.54) is 76.1 Å². The molecule has 0 aliphatic heterocycles. The van der Waals surface area contributed by atoms with E-state index in [9.17, 15) is 0 Å². The van der Waals surface area contributed by atoms with E-state index in [1.807, 2.05) is 0 Å². The Kier molecular flexibility index (Phi) is 8.08. The molecule has 0 atom stereocenters. The number of hydrogen-bond acceptors (Lipinski definition) is 1. The van der Waals surface area contributed by atoms with Crippen molar-refractivity contribution < 1.29 is 0 Å². The van der Waals surface area contributed by atoms with Crippen molar-refractivity contribution in [2.24, 2.45) is 4.99 Å². The van der Waals surface area contributed by atoms with Gasteiger partial charge in [0, 0.05) is 16.3 Å². The fraction of sp³-hybridized carbons (Fsp3) is 0.0179. The lowest BCUT2D eigenvalue weighted by atomic mass is 9.90. The summed E-state index contributed by atoms with van der Waals surface area (Å²) in [5.74, 6) is 0.776. The third kappa shape index (κ3) is 5.45. The summed E-state index contributed by atoms with van der Waals surface area (Å²) in [6.45, 7) is 4.25. The number of aliphatic imine (C=N–C) groups is 1. The van der Waals surface area contributed by atoms with Gasteiger partial charge in [-0.1, -0.05) is 182 Å². The third-order valence-electron chi connectivity index (χ3n) is 11.9. The summed E-state index contributed by atoms with van der Waals surface area (Å²) < 4.78 is 2.35. The molecule has 1 heterocycles. The molecule has 9 aromatic carbocycles. The van der Waals surface area contributed by atoms with Crippen molar-refractivity contribution in [3.05, 3.63) is 217 Å². The summed E-state index contributed by atoms with van der Waals surface area (Å²) >= 11 is 0. The van der Waals surface area contributed by atoms with E-state index in [1.54, 1.807) is 0 Å². The number of aromatic nitrogens is 1. The van der Waals surface area contributed by atoms with Crippen LogP contribution in [0.5, 0.6) is 0 Å². The van der Waals surface area contributed by atoms with Crippen molar-refractivity contribution in [1.29, 1.82) is 0 Å². The zero-order chi connectivity index (χ0) is 38.6. The lowest BCUT2D eigenvalue weighted by molar-refractivity contribution is 1.18. The van der Waals surface area contributed by atoms with Gasteiger partial charge in [0.1, 0.15) is 5.82 Å². The Bertz CT molecular complexity index is 3370. The molecule has 0 saturated carbocycles. The van der Waals surface area contributed by atoms with Gasteiger partial charge in [0.2, 0.25) is 0 Å². The second-order valence-corrected chi connectivity index (χ2v) is 15.1. The second kappa shape index (κ2) is 13.9. The van der Waals surface area contributed by atoms with Crippen LogP contribution in [-0.2, 0) is 0 Å². The molecule has 0 saturated heterocycles. The third-order valence-corrected chi connectivity index (χ3v) is 11.9. The van der Waals surface area contributed by atoms with Crippen LogP contribution < -0.4 is 0 Å². The van der Waals surface area contributed by atoms with Crippen LogP contribution in [0.3, 0.4) is 0 Å². The molecule has 272 valence electrons. The Morgan fingerprint density at radius 1 is 0.500 bits per heavy atom. The van der Waals surface area contributed by atoms with Crippen LogP contribution >= 0.6 is 0 Å². The topological polar surface area (TPSA) is 17.3 Å². The maximum atomic E-state index is 4.89. The van der Waals surface area contributed by atoms with Crippen LogP contribution in [0.1, 0.15) is 12.0 Å². The number of benzene rings is 9. The Labute approximate surface area is 337 Å². The van der Waals surface area contributed by atoms with Crippen LogP contribution in [0.2, 0.25) is 0 Å². The van der Waals surface area contributed by atoms with Crippen molar-refractivity contribution >= 4 is 83.0 Å². The summed E-state index contributed by atoms with van der Waals surface area (Å²) in [5.41, 5.74) is 10.4. The van der Waals surface area contributed by atoms with E-state index < -0.39 is 0 Å². The van der Waals surface area contributed by atoms with Crippen LogP contribution in [0, 0.1) is 0 Å². The second-order valence-electron chi connectivity index (χ2n) is 15.1. The molecule has 0 radical (unpaired) electrons. The summed E-state index contributed by atoms with van der Waals surface area (Å²) in [6.07, 6.45) is 11.8. The van der Waals surface area contributed by atoms with E-state index in [-0.39, 0.29) is 0 Å². The van der Waals surface area contributed by atoms with Crippen molar-refractivity contribution in [3.8, 4) is 22.3 Å². The molecule has 0 bridgehead atoms. The first-order valence-electron chi connectivity index (χ1n) is 19.9. The molecule has 2 heteroatoms. The number of para-hydroxylation sites is 1. The summed E-state index contributed by atoms with van der Waals surface area (Å²) in [6, 6.07) is 64.0. The Hall–Kier alpha value is -7.55. The molecule has 1 aromatic heterocycles. The SMILES string of the molecule is C=N/C(=C\C(=C1\C=CC=CC1)c1ccc(-c2ccccc2)cc1)n1c2ccccc2c2cc3ccccc3c(-c3ccc4c5ccccc5c5ccccc5c4c3)c21. The highest BCUT2D eigenvalue weighted by molar-refractivity contribution is 6.27. The Morgan fingerprint density at radius 2 is 1.09 bits per heavy atom. The molecule has 0 fully saturated rings. The van der Waals surface area contributed by atoms with E-state index in [0.717, 1.165) is 40.0 Å². The largest absolute Gasteiger partial charge is 0.293 e. The molecule has 1 aliphatic rings. The number of nitrogens with zero attached hydrogens (tertiary/aromatic N) is 2. The van der Waals surface area contributed by atoms with Gasteiger partial charge in [-0.3, -0.25) is 4.57 Å². The van der Waals surface area contributed by atoms with E-state index in [0.29, 0.717) is 0 Å². The van der Waals surface area contributed by atoms with Gasteiger partial charge in [0.15, 0.2) is 0 Å². The molecular weight excluding hydrogens is 701 g/mol. The molecule has 0 amide bonds. The average molecular weight is 739 g/mol. The molecule has 0 unspecified atom stereocenters. The van der Waals surface area contributed by atoms with Crippen LogP contribution in [0.15, 0.2) is 217 Å². The van der Waals surface area contributed by atoms with Crippen LogP contribution in [0.25, 0.3) is 98.5 Å². The first-order valence-corrected chi connectivity index (χ1v) is 19.9. The Balaban J connectivity index is 1.21. The zero-order valence-corrected chi connectivity index (χ0v) is 31.9.